The largest absolute Gasteiger partial charge is 0.350 e. The lowest BCUT2D eigenvalue weighted by molar-refractivity contribution is -0.132. The summed E-state index contributed by atoms with van der Waals surface area (Å²) in [7, 11) is 1.85. The Kier molecular flexibility index (Phi) is 4.57. The summed E-state index contributed by atoms with van der Waals surface area (Å²) in [5.41, 5.74) is 0.526. The highest BCUT2D eigenvalue weighted by Gasteiger charge is 2.24. The van der Waals surface area contributed by atoms with Gasteiger partial charge >= 0.3 is 0 Å². The molecule has 1 fully saturated rings. The maximum atomic E-state index is 12.3. The molecular weight excluding hydrogens is 252 g/mol. The van der Waals surface area contributed by atoms with Gasteiger partial charge in [-0.2, -0.15) is 5.26 Å². The molecule has 1 aromatic rings. The minimum absolute atomic E-state index is 0.144. The van der Waals surface area contributed by atoms with Gasteiger partial charge in [0.15, 0.2) is 0 Å². The van der Waals surface area contributed by atoms with Crippen LogP contribution in [0.2, 0.25) is 0 Å². The Morgan fingerprint density at radius 3 is 2.95 bits per heavy atom. The SMILES string of the molecule is C[C@H]1CCCCN1C(=O)CN(C)c1ccc(C#N)cn1. The van der Waals surface area contributed by atoms with E-state index in [0.717, 1.165) is 19.4 Å². The molecule has 5 nitrogen and oxygen atoms in total. The van der Waals surface area contributed by atoms with Crippen LogP contribution in [0.15, 0.2) is 18.3 Å². The summed E-state index contributed by atoms with van der Waals surface area (Å²) in [6, 6.07) is 5.85. The van der Waals surface area contributed by atoms with Crippen LogP contribution in [0.4, 0.5) is 5.82 Å². The van der Waals surface area contributed by atoms with Crippen LogP contribution in [0, 0.1) is 11.3 Å². The number of nitriles is 1. The first-order valence-corrected chi connectivity index (χ1v) is 6.98. The predicted octanol–water partition coefficient (Wildman–Crippen LogP) is 1.79. The molecule has 1 atom stereocenters. The van der Waals surface area contributed by atoms with Gasteiger partial charge in [0.05, 0.1) is 12.1 Å². The number of carbonyl (C=O) groups excluding carboxylic acids is 1. The van der Waals surface area contributed by atoms with Crippen molar-refractivity contribution in [3.8, 4) is 6.07 Å². The molecule has 5 heteroatoms. The summed E-state index contributed by atoms with van der Waals surface area (Å²) in [6.45, 7) is 3.29. The number of aromatic nitrogens is 1. The second-order valence-corrected chi connectivity index (χ2v) is 5.30. The van der Waals surface area contributed by atoms with E-state index >= 15 is 0 Å². The Hall–Kier alpha value is -2.09. The smallest absolute Gasteiger partial charge is 0.242 e. The molecule has 20 heavy (non-hydrogen) atoms. The normalized spacial score (nSPS) is 18.4. The zero-order chi connectivity index (χ0) is 14.5. The Morgan fingerprint density at radius 1 is 1.55 bits per heavy atom. The molecule has 106 valence electrons. The molecular formula is C15H20N4O. The van der Waals surface area contributed by atoms with Crippen LogP contribution in [-0.4, -0.2) is 42.0 Å². The summed E-state index contributed by atoms with van der Waals surface area (Å²) in [6.07, 6.45) is 4.91. The van der Waals surface area contributed by atoms with E-state index in [1.54, 1.807) is 12.1 Å². The number of likely N-dealkylation sites (N-methyl/N-ethyl adjacent to an activating group) is 1. The molecule has 2 heterocycles. The molecule has 1 aliphatic rings. The van der Waals surface area contributed by atoms with E-state index < -0.39 is 0 Å². The molecule has 0 N–H and O–H groups in total. The van der Waals surface area contributed by atoms with Crippen molar-refractivity contribution in [2.45, 2.75) is 32.2 Å². The van der Waals surface area contributed by atoms with Gasteiger partial charge in [-0.05, 0) is 38.3 Å². The van der Waals surface area contributed by atoms with Crippen LogP contribution in [0.3, 0.4) is 0 Å². The molecule has 0 radical (unpaired) electrons. The molecule has 1 aliphatic heterocycles. The van der Waals surface area contributed by atoms with E-state index in [2.05, 4.69) is 11.9 Å². The van der Waals surface area contributed by atoms with Crippen molar-refractivity contribution in [1.29, 1.82) is 5.26 Å². The Morgan fingerprint density at radius 2 is 2.35 bits per heavy atom. The highest BCUT2D eigenvalue weighted by atomic mass is 16.2. The van der Waals surface area contributed by atoms with E-state index in [9.17, 15) is 4.79 Å². The number of hydrogen-bond donors (Lipinski definition) is 0. The monoisotopic (exact) mass is 272 g/mol. The van der Waals surface area contributed by atoms with Crippen LogP contribution in [-0.2, 0) is 4.79 Å². The van der Waals surface area contributed by atoms with E-state index in [-0.39, 0.29) is 5.91 Å². The first kappa shape index (κ1) is 14.3. The molecule has 2 rings (SSSR count). The highest BCUT2D eigenvalue weighted by molar-refractivity contribution is 5.81. The van der Waals surface area contributed by atoms with Gasteiger partial charge in [0.1, 0.15) is 11.9 Å². The lowest BCUT2D eigenvalue weighted by Crippen LogP contribution is -2.46. The molecule has 1 aromatic heterocycles. The summed E-state index contributed by atoms with van der Waals surface area (Å²) >= 11 is 0. The van der Waals surface area contributed by atoms with E-state index in [0.29, 0.717) is 24.0 Å². The fourth-order valence-electron chi connectivity index (χ4n) is 2.52. The van der Waals surface area contributed by atoms with E-state index in [1.807, 2.05) is 22.9 Å². The minimum atomic E-state index is 0.144. The number of rotatable bonds is 3. The number of piperidine rings is 1. The molecule has 1 saturated heterocycles. The van der Waals surface area contributed by atoms with Gasteiger partial charge in [-0.3, -0.25) is 4.79 Å². The summed E-state index contributed by atoms with van der Waals surface area (Å²) in [5.74, 6) is 0.855. The lowest BCUT2D eigenvalue weighted by Gasteiger charge is -2.34. The van der Waals surface area contributed by atoms with Crippen molar-refractivity contribution in [1.82, 2.24) is 9.88 Å². The first-order valence-electron chi connectivity index (χ1n) is 6.98. The van der Waals surface area contributed by atoms with Crippen LogP contribution >= 0.6 is 0 Å². The Labute approximate surface area is 119 Å². The van der Waals surface area contributed by atoms with Gasteiger partial charge in [-0.25, -0.2) is 4.98 Å². The van der Waals surface area contributed by atoms with Gasteiger partial charge in [0.25, 0.3) is 0 Å². The molecule has 1 amide bonds. The second-order valence-electron chi connectivity index (χ2n) is 5.30. The molecule has 0 bridgehead atoms. The standard InChI is InChI=1S/C15H20N4O/c1-12-5-3-4-8-19(12)15(20)11-18(2)14-7-6-13(9-16)10-17-14/h6-7,10,12H,3-5,8,11H2,1-2H3/t12-/m0/s1. The number of carbonyl (C=O) groups is 1. The lowest BCUT2D eigenvalue weighted by atomic mass is 10.0. The molecule has 0 spiro atoms. The van der Waals surface area contributed by atoms with Gasteiger partial charge in [-0.15, -0.1) is 0 Å². The van der Waals surface area contributed by atoms with Crippen molar-refractivity contribution >= 4 is 11.7 Å². The van der Waals surface area contributed by atoms with Gasteiger partial charge in [-0.1, -0.05) is 0 Å². The second kappa shape index (κ2) is 6.38. The van der Waals surface area contributed by atoms with Crippen LogP contribution < -0.4 is 4.90 Å². The topological polar surface area (TPSA) is 60.2 Å². The van der Waals surface area contributed by atoms with Crippen molar-refractivity contribution in [3.63, 3.8) is 0 Å². The first-order chi connectivity index (χ1) is 9.61. The van der Waals surface area contributed by atoms with Crippen LogP contribution in [0.5, 0.6) is 0 Å². The number of hydrogen-bond acceptors (Lipinski definition) is 4. The van der Waals surface area contributed by atoms with Crippen molar-refractivity contribution < 1.29 is 4.79 Å². The predicted molar refractivity (Wildman–Crippen MR) is 77.2 cm³/mol. The van der Waals surface area contributed by atoms with Gasteiger partial charge < -0.3 is 9.80 Å². The third kappa shape index (κ3) is 3.27. The van der Waals surface area contributed by atoms with Crippen LogP contribution in [0.1, 0.15) is 31.7 Å². The third-order valence-corrected chi connectivity index (χ3v) is 3.76. The van der Waals surface area contributed by atoms with Crippen molar-refractivity contribution in [3.05, 3.63) is 23.9 Å². The zero-order valence-electron chi connectivity index (χ0n) is 12.0. The van der Waals surface area contributed by atoms with Crippen molar-refractivity contribution in [2.75, 3.05) is 25.0 Å². The summed E-state index contributed by atoms with van der Waals surface area (Å²) in [4.78, 5) is 20.3. The maximum absolute atomic E-state index is 12.3. The average Bonchev–Trinajstić information content (AvgIpc) is 2.47. The quantitative estimate of drug-likeness (QED) is 0.841. The van der Waals surface area contributed by atoms with Gasteiger partial charge in [0.2, 0.25) is 5.91 Å². The fourth-order valence-corrected chi connectivity index (χ4v) is 2.52. The average molecular weight is 272 g/mol. The number of anilines is 1. The summed E-state index contributed by atoms with van der Waals surface area (Å²) in [5, 5.41) is 8.75. The number of pyridine rings is 1. The molecule has 0 unspecified atom stereocenters. The number of likely N-dealkylation sites (tertiary alicyclic amines) is 1. The van der Waals surface area contributed by atoms with Crippen LogP contribution in [0.25, 0.3) is 0 Å². The maximum Gasteiger partial charge on any atom is 0.242 e. The number of nitrogens with zero attached hydrogens (tertiary/aromatic N) is 4. The zero-order valence-corrected chi connectivity index (χ0v) is 12.0. The molecule has 0 aromatic carbocycles. The van der Waals surface area contributed by atoms with Crippen molar-refractivity contribution in [2.24, 2.45) is 0 Å². The van der Waals surface area contributed by atoms with E-state index in [4.69, 9.17) is 5.26 Å². The fraction of sp³-hybridized carbons (Fsp3) is 0.533. The van der Waals surface area contributed by atoms with E-state index in [1.165, 1.54) is 12.6 Å². The van der Waals surface area contributed by atoms with Gasteiger partial charge in [0, 0.05) is 25.8 Å². The Balaban J connectivity index is 1.97. The molecule has 0 saturated carbocycles. The summed E-state index contributed by atoms with van der Waals surface area (Å²) < 4.78 is 0. The number of amides is 1. The molecule has 0 aliphatic carbocycles. The third-order valence-electron chi connectivity index (χ3n) is 3.76. The Bertz CT molecular complexity index is 506. The minimum Gasteiger partial charge on any atom is -0.350 e. The highest BCUT2D eigenvalue weighted by Crippen LogP contribution is 2.17.